The minimum Gasteiger partial charge on any atom is -0.337 e. The van der Waals surface area contributed by atoms with Crippen LogP contribution < -0.4 is 0 Å². The first-order chi connectivity index (χ1) is 9.72. The second-order valence-electron chi connectivity index (χ2n) is 5.92. The fourth-order valence-electron chi connectivity index (χ4n) is 3.34. The van der Waals surface area contributed by atoms with Crippen molar-refractivity contribution >= 4 is 18.5 Å². The van der Waals surface area contributed by atoms with E-state index in [1.54, 1.807) is 0 Å². The van der Waals surface area contributed by atoms with Gasteiger partial charge in [0.05, 0.1) is 0 Å². The summed E-state index contributed by atoms with van der Waals surface area (Å²) >= 11 is 4.46. The second kappa shape index (κ2) is 6.19. The number of rotatable bonds is 3. The van der Waals surface area contributed by atoms with Crippen molar-refractivity contribution < 1.29 is 4.79 Å². The Hall–Kier alpha value is -1.00. The van der Waals surface area contributed by atoms with Gasteiger partial charge in [-0.25, -0.2) is 0 Å². The summed E-state index contributed by atoms with van der Waals surface area (Å²) in [6.45, 7) is 3.95. The van der Waals surface area contributed by atoms with Gasteiger partial charge in [-0.3, -0.25) is 9.69 Å². The van der Waals surface area contributed by atoms with Gasteiger partial charge < -0.3 is 4.90 Å². The second-order valence-corrected chi connectivity index (χ2v) is 6.65. The van der Waals surface area contributed by atoms with Crippen molar-refractivity contribution in [3.63, 3.8) is 0 Å². The lowest BCUT2D eigenvalue weighted by molar-refractivity contribution is -0.130. The first kappa shape index (κ1) is 14.0. The minimum absolute atomic E-state index is 0.229. The number of nitrogens with zero attached hydrogens (tertiary/aromatic N) is 2. The van der Waals surface area contributed by atoms with Gasteiger partial charge in [0.25, 0.3) is 0 Å². The van der Waals surface area contributed by atoms with E-state index in [1.807, 2.05) is 0 Å². The molecule has 0 aliphatic carbocycles. The molecule has 2 unspecified atom stereocenters. The van der Waals surface area contributed by atoms with E-state index in [0.29, 0.717) is 12.5 Å². The highest BCUT2D eigenvalue weighted by Gasteiger charge is 2.34. The Kier molecular flexibility index (Phi) is 4.32. The molecule has 0 aromatic heterocycles. The standard InChI is InChI=1S/C16H22N2OS/c19-16-9-15(20)12-18(16)14-7-4-8-17(11-14)10-13-5-2-1-3-6-13/h1-3,5-6,14-15,20H,4,7-12H2. The molecular weight excluding hydrogens is 268 g/mol. The molecule has 1 aromatic rings. The lowest BCUT2D eigenvalue weighted by atomic mass is 10.0. The summed E-state index contributed by atoms with van der Waals surface area (Å²) < 4.78 is 0. The number of benzene rings is 1. The maximum absolute atomic E-state index is 12.0. The van der Waals surface area contributed by atoms with E-state index in [-0.39, 0.29) is 11.2 Å². The van der Waals surface area contributed by atoms with Gasteiger partial charge in [0.2, 0.25) is 5.91 Å². The summed E-state index contributed by atoms with van der Waals surface area (Å²) in [6.07, 6.45) is 2.92. The molecule has 2 heterocycles. The molecule has 0 saturated carbocycles. The third kappa shape index (κ3) is 3.18. The Morgan fingerprint density at radius 1 is 1.20 bits per heavy atom. The zero-order chi connectivity index (χ0) is 13.9. The topological polar surface area (TPSA) is 23.6 Å². The van der Waals surface area contributed by atoms with E-state index in [1.165, 1.54) is 12.0 Å². The van der Waals surface area contributed by atoms with Crippen molar-refractivity contribution in [3.8, 4) is 0 Å². The van der Waals surface area contributed by atoms with Gasteiger partial charge in [-0.05, 0) is 24.9 Å². The number of piperidine rings is 1. The van der Waals surface area contributed by atoms with E-state index in [2.05, 4.69) is 52.8 Å². The smallest absolute Gasteiger partial charge is 0.224 e. The van der Waals surface area contributed by atoms with Crippen LogP contribution in [0.4, 0.5) is 0 Å². The van der Waals surface area contributed by atoms with Crippen LogP contribution in [0.5, 0.6) is 0 Å². The van der Waals surface area contributed by atoms with Gasteiger partial charge in [0.1, 0.15) is 0 Å². The molecule has 0 spiro atoms. The van der Waals surface area contributed by atoms with Crippen molar-refractivity contribution in [3.05, 3.63) is 35.9 Å². The molecule has 2 saturated heterocycles. The molecule has 2 atom stereocenters. The predicted molar refractivity (Wildman–Crippen MR) is 83.8 cm³/mol. The van der Waals surface area contributed by atoms with Gasteiger partial charge in [-0.15, -0.1) is 0 Å². The lowest BCUT2D eigenvalue weighted by Gasteiger charge is -2.37. The zero-order valence-electron chi connectivity index (χ0n) is 11.7. The van der Waals surface area contributed by atoms with Crippen LogP contribution in [-0.4, -0.2) is 46.6 Å². The summed E-state index contributed by atoms with van der Waals surface area (Å²) in [6, 6.07) is 11.0. The summed E-state index contributed by atoms with van der Waals surface area (Å²) in [7, 11) is 0. The molecule has 20 heavy (non-hydrogen) atoms. The van der Waals surface area contributed by atoms with E-state index >= 15 is 0 Å². The van der Waals surface area contributed by atoms with Crippen LogP contribution in [-0.2, 0) is 11.3 Å². The van der Waals surface area contributed by atoms with Gasteiger partial charge in [0.15, 0.2) is 0 Å². The van der Waals surface area contributed by atoms with Gasteiger partial charge in [0, 0.05) is 37.3 Å². The molecule has 4 heteroatoms. The van der Waals surface area contributed by atoms with Crippen LogP contribution in [0.2, 0.25) is 0 Å². The van der Waals surface area contributed by atoms with Crippen LogP contribution >= 0.6 is 12.6 Å². The highest BCUT2D eigenvalue weighted by molar-refractivity contribution is 7.81. The molecule has 2 aliphatic rings. The highest BCUT2D eigenvalue weighted by atomic mass is 32.1. The third-order valence-corrected chi connectivity index (χ3v) is 4.65. The van der Waals surface area contributed by atoms with E-state index < -0.39 is 0 Å². The molecule has 0 bridgehead atoms. The molecule has 108 valence electrons. The van der Waals surface area contributed by atoms with Crippen LogP contribution in [0.25, 0.3) is 0 Å². The van der Waals surface area contributed by atoms with Gasteiger partial charge in [-0.2, -0.15) is 12.6 Å². The first-order valence-electron chi connectivity index (χ1n) is 7.46. The maximum Gasteiger partial charge on any atom is 0.224 e. The average Bonchev–Trinajstić information content (AvgIpc) is 2.79. The predicted octanol–water partition coefficient (Wildman–Crippen LogP) is 2.18. The Bertz CT molecular complexity index is 465. The number of likely N-dealkylation sites (tertiary alicyclic amines) is 2. The largest absolute Gasteiger partial charge is 0.337 e. The molecule has 1 amide bonds. The highest BCUT2D eigenvalue weighted by Crippen LogP contribution is 2.24. The number of carbonyl (C=O) groups is 1. The molecule has 0 radical (unpaired) electrons. The zero-order valence-corrected chi connectivity index (χ0v) is 12.6. The Morgan fingerprint density at radius 2 is 2.00 bits per heavy atom. The molecule has 3 nitrogen and oxygen atoms in total. The summed E-state index contributed by atoms with van der Waals surface area (Å²) in [4.78, 5) is 16.5. The number of carbonyl (C=O) groups excluding carboxylic acids is 1. The SMILES string of the molecule is O=C1CC(S)CN1C1CCCN(Cc2ccccc2)C1. The fraction of sp³-hybridized carbons (Fsp3) is 0.562. The Labute approximate surface area is 126 Å². The van der Waals surface area contributed by atoms with E-state index in [4.69, 9.17) is 0 Å². The Morgan fingerprint density at radius 3 is 2.70 bits per heavy atom. The van der Waals surface area contributed by atoms with Crippen molar-refractivity contribution in [2.45, 2.75) is 37.1 Å². The van der Waals surface area contributed by atoms with Crippen molar-refractivity contribution in [1.82, 2.24) is 9.80 Å². The van der Waals surface area contributed by atoms with Crippen molar-refractivity contribution in [2.75, 3.05) is 19.6 Å². The average molecular weight is 290 g/mol. The summed E-state index contributed by atoms with van der Waals surface area (Å²) in [5.41, 5.74) is 1.35. The first-order valence-corrected chi connectivity index (χ1v) is 7.98. The summed E-state index contributed by atoms with van der Waals surface area (Å²) in [5.74, 6) is 0.288. The number of amides is 1. The molecule has 2 fully saturated rings. The van der Waals surface area contributed by atoms with Crippen molar-refractivity contribution in [1.29, 1.82) is 0 Å². The van der Waals surface area contributed by atoms with Crippen LogP contribution in [0.15, 0.2) is 30.3 Å². The minimum atomic E-state index is 0.229. The number of hydrogen-bond donors (Lipinski definition) is 1. The van der Waals surface area contributed by atoms with Gasteiger partial charge in [-0.1, -0.05) is 30.3 Å². The number of thiol groups is 1. The van der Waals surface area contributed by atoms with Crippen molar-refractivity contribution in [2.24, 2.45) is 0 Å². The van der Waals surface area contributed by atoms with Crippen LogP contribution in [0.1, 0.15) is 24.8 Å². The van der Waals surface area contributed by atoms with Crippen LogP contribution in [0, 0.1) is 0 Å². The molecule has 0 N–H and O–H groups in total. The monoisotopic (exact) mass is 290 g/mol. The molecule has 1 aromatic carbocycles. The molecular formula is C16H22N2OS. The van der Waals surface area contributed by atoms with E-state index in [0.717, 1.165) is 32.6 Å². The summed E-state index contributed by atoms with van der Waals surface area (Å²) in [5, 5.41) is 0.229. The lowest BCUT2D eigenvalue weighted by Crippen LogP contribution is -2.48. The molecule has 3 rings (SSSR count). The quantitative estimate of drug-likeness (QED) is 0.863. The number of hydrogen-bond acceptors (Lipinski definition) is 3. The molecule has 2 aliphatic heterocycles. The maximum atomic E-state index is 12.0. The normalized spacial score (nSPS) is 28.1. The Balaban J connectivity index is 1.61. The van der Waals surface area contributed by atoms with E-state index in [9.17, 15) is 4.79 Å². The third-order valence-electron chi connectivity index (χ3n) is 4.31. The van der Waals surface area contributed by atoms with Crippen LogP contribution in [0.3, 0.4) is 0 Å². The van der Waals surface area contributed by atoms with Gasteiger partial charge >= 0.3 is 0 Å². The fourth-order valence-corrected chi connectivity index (χ4v) is 3.67.